The van der Waals surface area contributed by atoms with Gasteiger partial charge in [-0.15, -0.1) is 0 Å². The maximum atomic E-state index is 12.8. The standard InChI is InChI=1S/C19H17NOS2/c1-12-9-13(2)16(14(3)10-12)11-17-18(21)20(19(22)23-17)15-7-5-4-6-8-15/h4-11H,1-3H3/b17-11-. The van der Waals surface area contributed by atoms with Gasteiger partial charge in [0.05, 0.1) is 10.6 Å². The van der Waals surface area contributed by atoms with E-state index in [1.165, 1.54) is 28.5 Å². The summed E-state index contributed by atoms with van der Waals surface area (Å²) in [5, 5.41) is 0. The number of thiocarbonyl (C=S) groups is 1. The predicted octanol–water partition coefficient (Wildman–Crippen LogP) is 5.02. The topological polar surface area (TPSA) is 20.3 Å². The minimum Gasteiger partial charge on any atom is -0.268 e. The lowest BCUT2D eigenvalue weighted by atomic mass is 9.99. The Hall–Kier alpha value is -1.91. The van der Waals surface area contributed by atoms with Crippen LogP contribution in [0.4, 0.5) is 5.69 Å². The highest BCUT2D eigenvalue weighted by molar-refractivity contribution is 8.27. The number of rotatable bonds is 2. The first-order valence-corrected chi connectivity index (χ1v) is 8.60. The van der Waals surface area contributed by atoms with Crippen LogP contribution in [0.15, 0.2) is 47.4 Å². The number of amides is 1. The first-order chi connectivity index (χ1) is 11.0. The van der Waals surface area contributed by atoms with Gasteiger partial charge in [0.25, 0.3) is 5.91 Å². The van der Waals surface area contributed by atoms with E-state index in [2.05, 4.69) is 32.9 Å². The van der Waals surface area contributed by atoms with Crippen molar-refractivity contribution < 1.29 is 4.79 Å². The molecule has 0 spiro atoms. The van der Waals surface area contributed by atoms with Gasteiger partial charge in [0.2, 0.25) is 0 Å². The second kappa shape index (κ2) is 6.30. The van der Waals surface area contributed by atoms with Gasteiger partial charge in [-0.05, 0) is 55.7 Å². The summed E-state index contributed by atoms with van der Waals surface area (Å²) in [6.45, 7) is 6.23. The number of aryl methyl sites for hydroxylation is 3. The average molecular weight is 339 g/mol. The van der Waals surface area contributed by atoms with Crippen molar-refractivity contribution in [3.05, 3.63) is 69.6 Å². The highest BCUT2D eigenvalue weighted by Crippen LogP contribution is 2.36. The number of carbonyl (C=O) groups is 1. The number of para-hydroxylation sites is 1. The van der Waals surface area contributed by atoms with Gasteiger partial charge in [-0.1, -0.05) is 59.9 Å². The predicted molar refractivity (Wildman–Crippen MR) is 103 cm³/mol. The van der Waals surface area contributed by atoms with Crippen molar-refractivity contribution >= 4 is 46.0 Å². The van der Waals surface area contributed by atoms with E-state index in [1.807, 2.05) is 36.4 Å². The molecule has 1 aliphatic heterocycles. The van der Waals surface area contributed by atoms with Crippen LogP contribution in [0.2, 0.25) is 0 Å². The van der Waals surface area contributed by atoms with E-state index >= 15 is 0 Å². The summed E-state index contributed by atoms with van der Waals surface area (Å²) in [5.74, 6) is -0.0504. The SMILES string of the molecule is Cc1cc(C)c(/C=C2\SC(=S)N(c3ccccc3)C2=O)c(C)c1. The fourth-order valence-electron chi connectivity index (χ4n) is 2.82. The molecular weight excluding hydrogens is 322 g/mol. The molecular formula is C19H17NOS2. The molecule has 0 saturated carbocycles. The van der Waals surface area contributed by atoms with Gasteiger partial charge < -0.3 is 0 Å². The van der Waals surface area contributed by atoms with Crippen molar-refractivity contribution in [2.75, 3.05) is 4.90 Å². The Morgan fingerprint density at radius 1 is 1.04 bits per heavy atom. The van der Waals surface area contributed by atoms with Crippen molar-refractivity contribution in [2.45, 2.75) is 20.8 Å². The van der Waals surface area contributed by atoms with E-state index in [0.29, 0.717) is 9.23 Å². The van der Waals surface area contributed by atoms with Gasteiger partial charge in [-0.3, -0.25) is 9.69 Å². The van der Waals surface area contributed by atoms with E-state index in [0.717, 1.165) is 11.3 Å². The minimum atomic E-state index is -0.0504. The Morgan fingerprint density at radius 3 is 2.26 bits per heavy atom. The third-order valence-electron chi connectivity index (χ3n) is 3.82. The molecule has 1 heterocycles. The fraction of sp³-hybridized carbons (Fsp3) is 0.158. The Labute approximate surface area is 146 Å². The molecule has 0 bridgehead atoms. The zero-order valence-electron chi connectivity index (χ0n) is 13.3. The number of carbonyl (C=O) groups excluding carboxylic acids is 1. The Morgan fingerprint density at radius 2 is 1.65 bits per heavy atom. The Balaban J connectivity index is 2.00. The molecule has 23 heavy (non-hydrogen) atoms. The molecule has 1 fully saturated rings. The van der Waals surface area contributed by atoms with Crippen LogP contribution in [0.1, 0.15) is 22.3 Å². The van der Waals surface area contributed by atoms with Crippen molar-refractivity contribution in [1.29, 1.82) is 0 Å². The van der Waals surface area contributed by atoms with E-state index in [4.69, 9.17) is 12.2 Å². The molecule has 0 atom stereocenters. The van der Waals surface area contributed by atoms with Gasteiger partial charge in [0, 0.05) is 0 Å². The lowest BCUT2D eigenvalue weighted by molar-refractivity contribution is -0.113. The second-order valence-electron chi connectivity index (χ2n) is 5.67. The van der Waals surface area contributed by atoms with Crippen molar-refractivity contribution in [1.82, 2.24) is 0 Å². The lowest BCUT2D eigenvalue weighted by Crippen LogP contribution is -2.27. The number of hydrogen-bond donors (Lipinski definition) is 0. The van der Waals surface area contributed by atoms with Gasteiger partial charge in [0.1, 0.15) is 0 Å². The van der Waals surface area contributed by atoms with Gasteiger partial charge in [-0.2, -0.15) is 0 Å². The van der Waals surface area contributed by atoms with Crippen LogP contribution >= 0.6 is 24.0 Å². The summed E-state index contributed by atoms with van der Waals surface area (Å²) in [6, 6.07) is 13.8. The highest BCUT2D eigenvalue weighted by Gasteiger charge is 2.33. The van der Waals surface area contributed by atoms with Crippen LogP contribution < -0.4 is 4.90 Å². The van der Waals surface area contributed by atoms with E-state index < -0.39 is 0 Å². The molecule has 2 nitrogen and oxygen atoms in total. The third kappa shape index (κ3) is 3.09. The maximum absolute atomic E-state index is 12.8. The first kappa shape index (κ1) is 16.0. The van der Waals surface area contributed by atoms with Crippen molar-refractivity contribution in [3.8, 4) is 0 Å². The molecule has 3 rings (SSSR count). The number of hydrogen-bond acceptors (Lipinski definition) is 3. The number of nitrogens with zero attached hydrogens (tertiary/aromatic N) is 1. The molecule has 0 unspecified atom stereocenters. The number of benzene rings is 2. The van der Waals surface area contributed by atoms with Gasteiger partial charge in [-0.25, -0.2) is 0 Å². The Kier molecular flexibility index (Phi) is 4.37. The summed E-state index contributed by atoms with van der Waals surface area (Å²) >= 11 is 6.77. The summed E-state index contributed by atoms with van der Waals surface area (Å²) in [4.78, 5) is 15.0. The highest BCUT2D eigenvalue weighted by atomic mass is 32.2. The van der Waals surface area contributed by atoms with Gasteiger partial charge in [0.15, 0.2) is 4.32 Å². The summed E-state index contributed by atoms with van der Waals surface area (Å²) in [7, 11) is 0. The van der Waals surface area contributed by atoms with Gasteiger partial charge >= 0.3 is 0 Å². The monoisotopic (exact) mass is 339 g/mol. The largest absolute Gasteiger partial charge is 0.270 e. The van der Waals surface area contributed by atoms with E-state index in [1.54, 1.807) is 4.90 Å². The molecule has 0 aromatic heterocycles. The van der Waals surface area contributed by atoms with Crippen molar-refractivity contribution in [3.63, 3.8) is 0 Å². The molecule has 0 aliphatic carbocycles. The molecule has 0 N–H and O–H groups in total. The smallest absolute Gasteiger partial charge is 0.268 e. The third-order valence-corrected chi connectivity index (χ3v) is 5.12. The quantitative estimate of drug-likeness (QED) is 0.566. The van der Waals surface area contributed by atoms with Crippen LogP contribution in [0.5, 0.6) is 0 Å². The molecule has 4 heteroatoms. The zero-order chi connectivity index (χ0) is 16.6. The molecule has 1 amide bonds. The lowest BCUT2D eigenvalue weighted by Gasteiger charge is -2.14. The number of anilines is 1. The van der Waals surface area contributed by atoms with Crippen LogP contribution in [0, 0.1) is 20.8 Å². The van der Waals surface area contributed by atoms with Crippen LogP contribution in [-0.4, -0.2) is 10.2 Å². The number of thioether (sulfide) groups is 1. The maximum Gasteiger partial charge on any atom is 0.270 e. The fourth-order valence-corrected chi connectivity index (χ4v) is 4.10. The molecule has 0 radical (unpaired) electrons. The Bertz CT molecular complexity index is 802. The molecule has 1 saturated heterocycles. The minimum absolute atomic E-state index is 0.0504. The summed E-state index contributed by atoms with van der Waals surface area (Å²) in [6.07, 6.45) is 1.96. The zero-order valence-corrected chi connectivity index (χ0v) is 14.9. The second-order valence-corrected chi connectivity index (χ2v) is 7.34. The van der Waals surface area contributed by atoms with E-state index in [-0.39, 0.29) is 5.91 Å². The molecule has 116 valence electrons. The first-order valence-electron chi connectivity index (χ1n) is 7.38. The van der Waals surface area contributed by atoms with Crippen molar-refractivity contribution in [2.24, 2.45) is 0 Å². The average Bonchev–Trinajstić information content (AvgIpc) is 2.78. The van der Waals surface area contributed by atoms with Crippen LogP contribution in [0.25, 0.3) is 6.08 Å². The molecule has 1 aliphatic rings. The van der Waals surface area contributed by atoms with Crippen LogP contribution in [0.3, 0.4) is 0 Å². The normalized spacial score (nSPS) is 16.5. The van der Waals surface area contributed by atoms with Crippen LogP contribution in [-0.2, 0) is 4.79 Å². The molecule has 2 aromatic carbocycles. The molecule has 2 aromatic rings. The van der Waals surface area contributed by atoms with E-state index in [9.17, 15) is 4.79 Å². The summed E-state index contributed by atoms with van der Waals surface area (Å²) < 4.78 is 0.579. The summed E-state index contributed by atoms with van der Waals surface area (Å²) in [5.41, 5.74) is 5.49.